The zero-order valence-corrected chi connectivity index (χ0v) is 13.9. The number of hydrogen-bond donors (Lipinski definition) is 1. The summed E-state index contributed by atoms with van der Waals surface area (Å²) in [6.07, 6.45) is 3.04. The highest BCUT2D eigenvalue weighted by molar-refractivity contribution is 5.29. The van der Waals surface area contributed by atoms with Gasteiger partial charge in [0.25, 0.3) is 0 Å². The minimum absolute atomic E-state index is 0.310. The van der Waals surface area contributed by atoms with Gasteiger partial charge in [-0.1, -0.05) is 26.0 Å². The third-order valence-corrected chi connectivity index (χ3v) is 4.15. The van der Waals surface area contributed by atoms with Crippen LogP contribution in [0.1, 0.15) is 46.1 Å². The van der Waals surface area contributed by atoms with Crippen LogP contribution in [0.4, 0.5) is 0 Å². The van der Waals surface area contributed by atoms with Crippen LogP contribution >= 0.6 is 0 Å². The van der Waals surface area contributed by atoms with E-state index < -0.39 is 11.2 Å². The lowest BCUT2D eigenvalue weighted by atomic mass is 9.87. The lowest BCUT2D eigenvalue weighted by molar-refractivity contribution is -0.114. The molecule has 120 valence electrons. The Balaban J connectivity index is 2.11. The molecular weight excluding hydrogens is 278 g/mol. The molecule has 5 heteroatoms. The van der Waals surface area contributed by atoms with Crippen LogP contribution in [0.25, 0.3) is 0 Å². The fourth-order valence-corrected chi connectivity index (χ4v) is 2.15. The molecule has 22 heavy (non-hydrogen) atoms. The molecule has 1 heterocycles. The van der Waals surface area contributed by atoms with Gasteiger partial charge in [0, 0.05) is 0 Å². The van der Waals surface area contributed by atoms with E-state index in [4.69, 9.17) is 4.74 Å². The van der Waals surface area contributed by atoms with Crippen molar-refractivity contribution in [2.24, 2.45) is 0 Å². The van der Waals surface area contributed by atoms with Gasteiger partial charge in [-0.25, -0.2) is 9.67 Å². The van der Waals surface area contributed by atoms with Crippen molar-refractivity contribution in [3.63, 3.8) is 0 Å². The van der Waals surface area contributed by atoms with Crippen molar-refractivity contribution in [1.29, 1.82) is 0 Å². The number of hydrogen-bond acceptors (Lipinski definition) is 4. The minimum atomic E-state index is -1.10. The van der Waals surface area contributed by atoms with Crippen LogP contribution in [0.5, 0.6) is 5.75 Å². The van der Waals surface area contributed by atoms with Crippen LogP contribution in [0.3, 0.4) is 0 Å². The first-order valence-corrected chi connectivity index (χ1v) is 7.55. The van der Waals surface area contributed by atoms with Gasteiger partial charge < -0.3 is 9.84 Å². The lowest BCUT2D eigenvalue weighted by Crippen LogP contribution is -2.54. The molecule has 5 nitrogen and oxygen atoms in total. The second kappa shape index (κ2) is 6.08. The molecule has 1 N–H and O–H groups in total. The molecule has 1 unspecified atom stereocenters. The minimum Gasteiger partial charge on any atom is -0.485 e. The van der Waals surface area contributed by atoms with E-state index in [1.807, 2.05) is 26.0 Å². The second-order valence-corrected chi connectivity index (χ2v) is 6.70. The molecule has 1 atom stereocenters. The maximum absolute atomic E-state index is 10.8. The number of ether oxygens (including phenoxy) is 1. The molecule has 2 aromatic rings. The van der Waals surface area contributed by atoms with E-state index in [9.17, 15) is 5.11 Å². The van der Waals surface area contributed by atoms with E-state index in [1.54, 1.807) is 17.9 Å². The maximum atomic E-state index is 10.8. The predicted molar refractivity (Wildman–Crippen MR) is 85.9 cm³/mol. The number of rotatable bonds is 6. The first kappa shape index (κ1) is 16.5. The van der Waals surface area contributed by atoms with Crippen LogP contribution in [-0.2, 0) is 6.54 Å². The normalized spacial score (nSPS) is 14.9. The highest BCUT2D eigenvalue weighted by Gasteiger charge is 2.42. The summed E-state index contributed by atoms with van der Waals surface area (Å²) in [5.41, 5.74) is -0.616. The van der Waals surface area contributed by atoms with Crippen molar-refractivity contribution in [2.75, 3.05) is 0 Å². The van der Waals surface area contributed by atoms with Crippen molar-refractivity contribution in [1.82, 2.24) is 14.8 Å². The Labute approximate surface area is 132 Å². The Morgan fingerprint density at radius 3 is 2.32 bits per heavy atom. The third-order valence-electron chi connectivity index (χ3n) is 4.15. The highest BCUT2D eigenvalue weighted by atomic mass is 16.5. The monoisotopic (exact) mass is 303 g/mol. The summed E-state index contributed by atoms with van der Waals surface area (Å²) in [4.78, 5) is 3.90. The molecule has 1 aromatic heterocycles. The quantitative estimate of drug-likeness (QED) is 0.891. The van der Waals surface area contributed by atoms with E-state index >= 15 is 0 Å². The molecule has 0 amide bonds. The first-order valence-electron chi connectivity index (χ1n) is 7.55. The standard InChI is InChI=1S/C17H25N3O2/c1-13(2)14-6-8-15(9-7-14)22-16(3,4)17(5,21)10-20-12-18-11-19-20/h6-9,11-13,21H,10H2,1-5H3. The summed E-state index contributed by atoms with van der Waals surface area (Å²) in [7, 11) is 0. The molecule has 0 fully saturated rings. The Bertz CT molecular complexity index is 587. The van der Waals surface area contributed by atoms with Gasteiger partial charge in [-0.05, 0) is 44.4 Å². The molecule has 0 radical (unpaired) electrons. The zero-order chi connectivity index (χ0) is 16.4. The summed E-state index contributed by atoms with van der Waals surface area (Å²) in [5, 5.41) is 14.8. The molecule has 2 rings (SSSR count). The van der Waals surface area contributed by atoms with Crippen molar-refractivity contribution in [3.05, 3.63) is 42.5 Å². The predicted octanol–water partition coefficient (Wildman–Crippen LogP) is 3.01. The Morgan fingerprint density at radius 1 is 1.18 bits per heavy atom. The molecule has 0 aliphatic heterocycles. The van der Waals surface area contributed by atoms with Crippen molar-refractivity contribution < 1.29 is 9.84 Å². The highest BCUT2D eigenvalue weighted by Crippen LogP contribution is 2.30. The third kappa shape index (κ3) is 3.65. The molecule has 0 spiro atoms. The lowest BCUT2D eigenvalue weighted by Gasteiger charge is -2.40. The van der Waals surface area contributed by atoms with Gasteiger partial charge in [-0.3, -0.25) is 0 Å². The fourth-order valence-electron chi connectivity index (χ4n) is 2.15. The molecule has 0 bridgehead atoms. The smallest absolute Gasteiger partial charge is 0.137 e. The average Bonchev–Trinajstić information content (AvgIpc) is 2.90. The SMILES string of the molecule is CC(C)c1ccc(OC(C)(C)C(C)(O)Cn2cncn2)cc1. The van der Waals surface area contributed by atoms with E-state index in [1.165, 1.54) is 11.9 Å². The van der Waals surface area contributed by atoms with Gasteiger partial charge in [-0.15, -0.1) is 0 Å². The number of aromatic nitrogens is 3. The molecular formula is C17H25N3O2. The topological polar surface area (TPSA) is 60.2 Å². The average molecular weight is 303 g/mol. The van der Waals surface area contributed by atoms with Gasteiger partial charge in [-0.2, -0.15) is 5.10 Å². The van der Waals surface area contributed by atoms with Crippen LogP contribution in [-0.4, -0.2) is 31.1 Å². The fraction of sp³-hybridized carbons (Fsp3) is 0.529. The summed E-state index contributed by atoms with van der Waals surface area (Å²) in [5.74, 6) is 1.23. The first-order chi connectivity index (χ1) is 10.2. The molecule has 1 aromatic carbocycles. The van der Waals surface area contributed by atoms with Crippen LogP contribution in [0, 0.1) is 0 Å². The zero-order valence-electron chi connectivity index (χ0n) is 13.9. The van der Waals surface area contributed by atoms with E-state index in [-0.39, 0.29) is 0 Å². The summed E-state index contributed by atoms with van der Waals surface area (Å²) >= 11 is 0. The maximum Gasteiger partial charge on any atom is 0.137 e. The summed E-state index contributed by atoms with van der Waals surface area (Å²) < 4.78 is 7.64. The number of benzene rings is 1. The number of aliphatic hydroxyl groups is 1. The molecule has 0 saturated heterocycles. The number of nitrogens with zero attached hydrogens (tertiary/aromatic N) is 3. The summed E-state index contributed by atoms with van der Waals surface area (Å²) in [6, 6.07) is 8.01. The van der Waals surface area contributed by atoms with E-state index in [2.05, 4.69) is 36.1 Å². The Kier molecular flexibility index (Phi) is 4.56. The van der Waals surface area contributed by atoms with Gasteiger partial charge in [0.1, 0.15) is 29.6 Å². The van der Waals surface area contributed by atoms with Gasteiger partial charge in [0.15, 0.2) is 0 Å². The van der Waals surface area contributed by atoms with Gasteiger partial charge in [0.05, 0.1) is 6.54 Å². The molecule has 0 saturated carbocycles. The van der Waals surface area contributed by atoms with Crippen LogP contribution in [0.2, 0.25) is 0 Å². The van der Waals surface area contributed by atoms with E-state index in [0.717, 1.165) is 5.75 Å². The van der Waals surface area contributed by atoms with Crippen LogP contribution < -0.4 is 4.74 Å². The Morgan fingerprint density at radius 2 is 1.82 bits per heavy atom. The molecule has 0 aliphatic rings. The van der Waals surface area contributed by atoms with E-state index in [0.29, 0.717) is 12.5 Å². The van der Waals surface area contributed by atoms with Crippen LogP contribution in [0.15, 0.2) is 36.9 Å². The van der Waals surface area contributed by atoms with Gasteiger partial charge in [0.2, 0.25) is 0 Å². The molecule has 0 aliphatic carbocycles. The second-order valence-electron chi connectivity index (χ2n) is 6.70. The van der Waals surface area contributed by atoms with Crippen molar-refractivity contribution >= 4 is 0 Å². The van der Waals surface area contributed by atoms with Crippen molar-refractivity contribution in [3.8, 4) is 5.75 Å². The van der Waals surface area contributed by atoms with Crippen molar-refractivity contribution in [2.45, 2.75) is 58.3 Å². The Hall–Kier alpha value is -1.88. The summed E-state index contributed by atoms with van der Waals surface area (Å²) in [6.45, 7) is 10.1. The van der Waals surface area contributed by atoms with Gasteiger partial charge >= 0.3 is 0 Å². The largest absolute Gasteiger partial charge is 0.485 e.